The number of benzene rings is 2. The SMILES string of the molecule is COC(=O)[C@H](Cc1ccc2ccn(C(=O)OC(C)(C)C)c2c1)NC(=O)OCc1ccccc1. The third-order valence-electron chi connectivity index (χ3n) is 4.78. The topological polar surface area (TPSA) is 95.9 Å². The third-order valence-corrected chi connectivity index (χ3v) is 4.78. The summed E-state index contributed by atoms with van der Waals surface area (Å²) < 4.78 is 16.9. The normalized spacial score (nSPS) is 12.1. The predicted molar refractivity (Wildman–Crippen MR) is 123 cm³/mol. The molecule has 0 aliphatic carbocycles. The van der Waals surface area contributed by atoms with Gasteiger partial charge in [0.2, 0.25) is 0 Å². The number of fused-ring (bicyclic) bond motifs is 1. The summed E-state index contributed by atoms with van der Waals surface area (Å²) in [6.45, 7) is 5.47. The maximum Gasteiger partial charge on any atom is 0.418 e. The number of rotatable bonds is 6. The van der Waals surface area contributed by atoms with Crippen LogP contribution in [0.25, 0.3) is 10.9 Å². The maximum absolute atomic E-state index is 12.6. The van der Waals surface area contributed by atoms with Crippen LogP contribution in [-0.2, 0) is 32.0 Å². The van der Waals surface area contributed by atoms with Gasteiger partial charge in [0.25, 0.3) is 0 Å². The maximum atomic E-state index is 12.6. The zero-order valence-electron chi connectivity index (χ0n) is 19.2. The van der Waals surface area contributed by atoms with Crippen LogP contribution in [0, 0.1) is 0 Å². The van der Waals surface area contributed by atoms with Crippen molar-refractivity contribution in [1.29, 1.82) is 0 Å². The summed E-state index contributed by atoms with van der Waals surface area (Å²) in [5.41, 5.74) is 1.56. The minimum absolute atomic E-state index is 0.0793. The lowest BCUT2D eigenvalue weighted by Gasteiger charge is -2.20. The average molecular weight is 453 g/mol. The molecule has 0 aliphatic rings. The van der Waals surface area contributed by atoms with Crippen LogP contribution in [0.1, 0.15) is 31.9 Å². The van der Waals surface area contributed by atoms with Crippen LogP contribution in [-0.4, -0.2) is 41.5 Å². The van der Waals surface area contributed by atoms with Gasteiger partial charge in [0, 0.05) is 18.0 Å². The second kappa shape index (κ2) is 10.2. The average Bonchev–Trinajstić information content (AvgIpc) is 3.20. The van der Waals surface area contributed by atoms with Crippen LogP contribution >= 0.6 is 0 Å². The molecule has 174 valence electrons. The van der Waals surface area contributed by atoms with E-state index in [0.717, 1.165) is 16.5 Å². The van der Waals surface area contributed by atoms with Crippen LogP contribution in [0.2, 0.25) is 0 Å². The molecule has 0 aliphatic heterocycles. The van der Waals surface area contributed by atoms with Crippen LogP contribution in [0.4, 0.5) is 9.59 Å². The molecular weight excluding hydrogens is 424 g/mol. The second-order valence-electron chi connectivity index (χ2n) is 8.55. The van der Waals surface area contributed by atoms with E-state index in [4.69, 9.17) is 14.2 Å². The Morgan fingerprint density at radius 1 is 1.00 bits per heavy atom. The van der Waals surface area contributed by atoms with Crippen LogP contribution < -0.4 is 5.32 Å². The first-order chi connectivity index (χ1) is 15.7. The van der Waals surface area contributed by atoms with Gasteiger partial charge in [-0.3, -0.25) is 4.57 Å². The molecule has 8 heteroatoms. The molecule has 0 spiro atoms. The highest BCUT2D eigenvalue weighted by atomic mass is 16.6. The summed E-state index contributed by atoms with van der Waals surface area (Å²) in [6, 6.07) is 15.5. The molecule has 1 aromatic heterocycles. The number of methoxy groups -OCH3 is 1. The van der Waals surface area contributed by atoms with E-state index in [1.807, 2.05) is 42.5 Å². The van der Waals surface area contributed by atoms with E-state index in [9.17, 15) is 14.4 Å². The molecule has 0 unspecified atom stereocenters. The smallest absolute Gasteiger partial charge is 0.418 e. The van der Waals surface area contributed by atoms with E-state index in [1.165, 1.54) is 11.7 Å². The second-order valence-corrected chi connectivity index (χ2v) is 8.55. The number of ether oxygens (including phenoxy) is 3. The molecule has 1 heterocycles. The number of carbonyl (C=O) groups is 3. The van der Waals surface area contributed by atoms with Crippen molar-refractivity contribution in [3.05, 3.63) is 71.9 Å². The van der Waals surface area contributed by atoms with Crippen molar-refractivity contribution < 1.29 is 28.6 Å². The van der Waals surface area contributed by atoms with E-state index in [1.54, 1.807) is 39.1 Å². The lowest BCUT2D eigenvalue weighted by molar-refractivity contribution is -0.143. The summed E-state index contributed by atoms with van der Waals surface area (Å²) in [4.78, 5) is 37.1. The number of hydrogen-bond donors (Lipinski definition) is 1. The zero-order valence-corrected chi connectivity index (χ0v) is 19.2. The minimum atomic E-state index is -0.958. The van der Waals surface area contributed by atoms with E-state index >= 15 is 0 Å². The van der Waals surface area contributed by atoms with Gasteiger partial charge in [-0.25, -0.2) is 14.4 Å². The summed E-state index contributed by atoms with van der Waals surface area (Å²) in [7, 11) is 1.25. The Morgan fingerprint density at radius 3 is 2.39 bits per heavy atom. The number of nitrogens with zero attached hydrogens (tertiary/aromatic N) is 1. The third kappa shape index (κ3) is 6.58. The van der Waals surface area contributed by atoms with Crippen molar-refractivity contribution in [3.63, 3.8) is 0 Å². The molecule has 1 N–H and O–H groups in total. The van der Waals surface area contributed by atoms with Crippen molar-refractivity contribution in [2.45, 2.75) is 45.4 Å². The first-order valence-corrected chi connectivity index (χ1v) is 10.5. The highest BCUT2D eigenvalue weighted by Gasteiger charge is 2.24. The molecule has 8 nitrogen and oxygen atoms in total. The Labute approximate surface area is 192 Å². The number of nitrogens with one attached hydrogen (secondary N) is 1. The number of alkyl carbamates (subject to hydrolysis) is 1. The quantitative estimate of drug-likeness (QED) is 0.439. The molecule has 3 aromatic rings. The molecule has 3 rings (SSSR count). The standard InChI is InChI=1S/C25H28N2O6/c1-25(2,3)33-24(30)27-13-12-19-11-10-18(15-21(19)27)14-20(22(28)31-4)26-23(29)32-16-17-8-6-5-7-9-17/h5-13,15,20H,14,16H2,1-4H3,(H,26,29)/t20-/m0/s1. The van der Waals surface area contributed by atoms with Gasteiger partial charge in [0.15, 0.2) is 0 Å². The number of esters is 1. The van der Waals surface area contributed by atoms with Gasteiger partial charge >= 0.3 is 18.2 Å². The molecule has 2 aromatic carbocycles. The molecule has 0 saturated carbocycles. The number of carbonyl (C=O) groups excluding carboxylic acids is 3. The number of hydrogen-bond acceptors (Lipinski definition) is 6. The molecule has 1 amide bonds. The van der Waals surface area contributed by atoms with Crippen molar-refractivity contribution in [1.82, 2.24) is 9.88 Å². The highest BCUT2D eigenvalue weighted by Crippen LogP contribution is 2.21. The van der Waals surface area contributed by atoms with Crippen LogP contribution in [0.15, 0.2) is 60.8 Å². The van der Waals surface area contributed by atoms with Gasteiger partial charge in [-0.1, -0.05) is 42.5 Å². The molecule has 0 radical (unpaired) electrons. The van der Waals surface area contributed by atoms with E-state index in [-0.39, 0.29) is 13.0 Å². The molecular formula is C25H28N2O6. The lowest BCUT2D eigenvalue weighted by Crippen LogP contribution is -2.43. The van der Waals surface area contributed by atoms with Crippen molar-refractivity contribution >= 4 is 29.1 Å². The summed E-state index contributed by atoms with van der Waals surface area (Å²) >= 11 is 0. The number of amides is 1. The van der Waals surface area contributed by atoms with Gasteiger partial charge in [0.1, 0.15) is 18.2 Å². The first-order valence-electron chi connectivity index (χ1n) is 10.5. The highest BCUT2D eigenvalue weighted by molar-refractivity contribution is 5.90. The Hall–Kier alpha value is -3.81. The van der Waals surface area contributed by atoms with Gasteiger partial charge in [-0.05, 0) is 44.0 Å². The Bertz CT molecular complexity index is 1130. The largest absolute Gasteiger partial charge is 0.467 e. The Kier molecular flexibility index (Phi) is 7.37. The molecule has 0 fully saturated rings. The summed E-state index contributed by atoms with van der Waals surface area (Å²) in [6.07, 6.45) is 0.566. The molecule has 1 atom stereocenters. The van der Waals surface area contributed by atoms with Crippen molar-refractivity contribution in [2.75, 3.05) is 7.11 Å². The van der Waals surface area contributed by atoms with Crippen LogP contribution in [0.5, 0.6) is 0 Å². The monoisotopic (exact) mass is 452 g/mol. The lowest BCUT2D eigenvalue weighted by atomic mass is 10.0. The van der Waals surface area contributed by atoms with Gasteiger partial charge in [-0.2, -0.15) is 0 Å². The van der Waals surface area contributed by atoms with E-state index in [2.05, 4.69) is 5.32 Å². The fourth-order valence-corrected chi connectivity index (χ4v) is 3.25. The molecule has 0 saturated heterocycles. The fourth-order valence-electron chi connectivity index (χ4n) is 3.25. The Morgan fingerprint density at radius 2 is 1.73 bits per heavy atom. The van der Waals surface area contributed by atoms with Gasteiger partial charge < -0.3 is 19.5 Å². The minimum Gasteiger partial charge on any atom is -0.467 e. The molecule has 33 heavy (non-hydrogen) atoms. The van der Waals surface area contributed by atoms with Gasteiger partial charge in [0.05, 0.1) is 12.6 Å². The summed E-state index contributed by atoms with van der Waals surface area (Å²) in [5.74, 6) is -0.603. The number of aromatic nitrogens is 1. The zero-order chi connectivity index (χ0) is 24.0. The van der Waals surface area contributed by atoms with Gasteiger partial charge in [-0.15, -0.1) is 0 Å². The predicted octanol–water partition coefficient (Wildman–Crippen LogP) is 4.44. The summed E-state index contributed by atoms with van der Waals surface area (Å²) in [5, 5.41) is 3.40. The van der Waals surface area contributed by atoms with Crippen LogP contribution in [0.3, 0.4) is 0 Å². The molecule has 0 bridgehead atoms. The van der Waals surface area contributed by atoms with Crippen molar-refractivity contribution in [3.8, 4) is 0 Å². The first kappa shape index (κ1) is 23.8. The van der Waals surface area contributed by atoms with Crippen molar-refractivity contribution in [2.24, 2.45) is 0 Å². The Balaban J connectivity index is 1.73. The fraction of sp³-hybridized carbons (Fsp3) is 0.320. The van der Waals surface area contributed by atoms with E-state index in [0.29, 0.717) is 5.52 Å². The van der Waals surface area contributed by atoms with E-state index < -0.39 is 29.8 Å².